The molecule has 0 atom stereocenters. The van der Waals surface area contributed by atoms with Crippen molar-refractivity contribution >= 4 is 11.8 Å². The minimum Gasteiger partial charge on any atom is -0.508 e. The third-order valence-corrected chi connectivity index (χ3v) is 3.48. The van der Waals surface area contributed by atoms with Crippen molar-refractivity contribution in [3.05, 3.63) is 29.8 Å². The summed E-state index contributed by atoms with van der Waals surface area (Å²) in [5.41, 5.74) is 5.67. The number of nitrogens with two attached hydrogens (primary N) is 1. The molecule has 0 unspecified atom stereocenters. The summed E-state index contributed by atoms with van der Waals surface area (Å²) < 4.78 is 0. The Kier molecular flexibility index (Phi) is 4.04. The highest BCUT2D eigenvalue weighted by Crippen LogP contribution is 2.22. The molecule has 0 radical (unpaired) electrons. The molecule has 1 heterocycles. The van der Waals surface area contributed by atoms with E-state index in [0.29, 0.717) is 25.1 Å². The first-order chi connectivity index (χ1) is 9.06. The molecule has 1 saturated heterocycles. The molecule has 5 nitrogen and oxygen atoms in total. The van der Waals surface area contributed by atoms with Gasteiger partial charge in [-0.15, -0.1) is 0 Å². The lowest BCUT2D eigenvalue weighted by Crippen LogP contribution is -2.39. The zero-order valence-corrected chi connectivity index (χ0v) is 10.7. The fourth-order valence-electron chi connectivity index (χ4n) is 2.45. The maximum Gasteiger partial charge on any atom is 0.253 e. The van der Waals surface area contributed by atoms with Crippen LogP contribution in [0, 0.1) is 5.92 Å². The number of benzene rings is 1. The predicted octanol–water partition coefficient (Wildman–Crippen LogP) is 1.12. The molecule has 0 aliphatic carbocycles. The van der Waals surface area contributed by atoms with Crippen molar-refractivity contribution < 1.29 is 14.7 Å². The summed E-state index contributed by atoms with van der Waals surface area (Å²) in [7, 11) is 0. The standard InChI is InChI=1S/C14H18N2O3/c15-13(18)8-10-4-6-16(7-5-10)14(19)11-2-1-3-12(17)9-11/h1-3,9-10,17H,4-8H2,(H2,15,18). The Morgan fingerprint density at radius 1 is 1.32 bits per heavy atom. The molecular weight excluding hydrogens is 244 g/mol. The van der Waals surface area contributed by atoms with Crippen LogP contribution in [-0.4, -0.2) is 34.9 Å². The average Bonchev–Trinajstić information content (AvgIpc) is 2.38. The van der Waals surface area contributed by atoms with Crippen molar-refractivity contribution in [2.45, 2.75) is 19.3 Å². The summed E-state index contributed by atoms with van der Waals surface area (Å²) in [6.45, 7) is 1.26. The minimum absolute atomic E-state index is 0.0755. The summed E-state index contributed by atoms with van der Waals surface area (Å²) >= 11 is 0. The summed E-state index contributed by atoms with van der Waals surface area (Å²) in [5, 5.41) is 9.38. The van der Waals surface area contributed by atoms with Crippen LogP contribution in [0.25, 0.3) is 0 Å². The SMILES string of the molecule is NC(=O)CC1CCN(C(=O)c2cccc(O)c2)CC1. The number of phenols is 1. The van der Waals surface area contributed by atoms with E-state index in [1.807, 2.05) is 0 Å². The van der Waals surface area contributed by atoms with Gasteiger partial charge in [-0.25, -0.2) is 0 Å². The zero-order chi connectivity index (χ0) is 13.8. The number of phenolic OH excluding ortho intramolecular Hbond substituents is 1. The van der Waals surface area contributed by atoms with E-state index < -0.39 is 0 Å². The Balaban J connectivity index is 1.94. The van der Waals surface area contributed by atoms with E-state index in [1.165, 1.54) is 12.1 Å². The lowest BCUT2D eigenvalue weighted by atomic mass is 9.93. The fourth-order valence-corrected chi connectivity index (χ4v) is 2.45. The molecule has 0 bridgehead atoms. The van der Waals surface area contributed by atoms with Crippen LogP contribution in [0.1, 0.15) is 29.6 Å². The molecule has 3 N–H and O–H groups in total. The summed E-state index contributed by atoms with van der Waals surface area (Å²) in [6, 6.07) is 6.35. The molecular formula is C14H18N2O3. The first-order valence-electron chi connectivity index (χ1n) is 6.43. The van der Waals surface area contributed by atoms with Crippen molar-refractivity contribution in [3.8, 4) is 5.75 Å². The zero-order valence-electron chi connectivity index (χ0n) is 10.7. The Hall–Kier alpha value is -2.04. The largest absolute Gasteiger partial charge is 0.508 e. The first kappa shape index (κ1) is 13.4. The van der Waals surface area contributed by atoms with Gasteiger partial charge < -0.3 is 15.7 Å². The van der Waals surface area contributed by atoms with Gasteiger partial charge in [0.25, 0.3) is 5.91 Å². The van der Waals surface area contributed by atoms with Crippen LogP contribution in [0.2, 0.25) is 0 Å². The van der Waals surface area contributed by atoms with Gasteiger partial charge in [-0.05, 0) is 37.0 Å². The molecule has 102 valence electrons. The van der Waals surface area contributed by atoms with Crippen molar-refractivity contribution in [3.63, 3.8) is 0 Å². The Morgan fingerprint density at radius 3 is 2.58 bits per heavy atom. The van der Waals surface area contributed by atoms with Crippen LogP contribution in [0.15, 0.2) is 24.3 Å². The Bertz CT molecular complexity index is 479. The Labute approximate surface area is 112 Å². The second-order valence-corrected chi connectivity index (χ2v) is 4.96. The molecule has 1 aromatic rings. The topological polar surface area (TPSA) is 83.6 Å². The number of carbonyl (C=O) groups excluding carboxylic acids is 2. The van der Waals surface area contributed by atoms with Crippen LogP contribution in [0.5, 0.6) is 5.75 Å². The number of hydrogen-bond acceptors (Lipinski definition) is 3. The lowest BCUT2D eigenvalue weighted by Gasteiger charge is -2.31. The van der Waals surface area contributed by atoms with Crippen molar-refractivity contribution in [1.82, 2.24) is 4.90 Å². The smallest absolute Gasteiger partial charge is 0.253 e. The van der Waals surface area contributed by atoms with Gasteiger partial charge in [-0.1, -0.05) is 6.07 Å². The van der Waals surface area contributed by atoms with Gasteiger partial charge in [0.15, 0.2) is 0 Å². The van der Waals surface area contributed by atoms with E-state index >= 15 is 0 Å². The highest BCUT2D eigenvalue weighted by molar-refractivity contribution is 5.94. The van der Waals surface area contributed by atoms with Gasteiger partial charge >= 0.3 is 0 Å². The highest BCUT2D eigenvalue weighted by Gasteiger charge is 2.24. The third kappa shape index (κ3) is 3.47. The number of carbonyl (C=O) groups is 2. The van der Waals surface area contributed by atoms with Gasteiger partial charge in [0, 0.05) is 25.1 Å². The van der Waals surface area contributed by atoms with E-state index in [1.54, 1.807) is 17.0 Å². The molecule has 5 heteroatoms. The maximum absolute atomic E-state index is 12.2. The number of likely N-dealkylation sites (tertiary alicyclic amines) is 1. The van der Waals surface area contributed by atoms with Crippen LogP contribution in [-0.2, 0) is 4.79 Å². The quantitative estimate of drug-likeness (QED) is 0.856. The molecule has 2 amide bonds. The lowest BCUT2D eigenvalue weighted by molar-refractivity contribution is -0.119. The molecule has 1 aromatic carbocycles. The van der Waals surface area contributed by atoms with Gasteiger partial charge in [0.05, 0.1) is 0 Å². The van der Waals surface area contributed by atoms with E-state index in [4.69, 9.17) is 5.73 Å². The van der Waals surface area contributed by atoms with E-state index in [2.05, 4.69) is 0 Å². The molecule has 19 heavy (non-hydrogen) atoms. The van der Waals surface area contributed by atoms with E-state index in [9.17, 15) is 14.7 Å². The molecule has 0 spiro atoms. The normalized spacial score (nSPS) is 16.3. The predicted molar refractivity (Wildman–Crippen MR) is 70.5 cm³/mol. The molecule has 1 fully saturated rings. The van der Waals surface area contributed by atoms with Crippen LogP contribution in [0.3, 0.4) is 0 Å². The van der Waals surface area contributed by atoms with Crippen LogP contribution >= 0.6 is 0 Å². The molecule has 1 aliphatic rings. The second-order valence-electron chi connectivity index (χ2n) is 4.96. The molecule has 2 rings (SSSR count). The summed E-state index contributed by atoms with van der Waals surface area (Å²) in [5.74, 6) is 0.0198. The summed E-state index contributed by atoms with van der Waals surface area (Å²) in [4.78, 5) is 24.8. The monoisotopic (exact) mass is 262 g/mol. The Morgan fingerprint density at radius 2 is 2.00 bits per heavy atom. The number of amides is 2. The average molecular weight is 262 g/mol. The molecule has 0 aromatic heterocycles. The number of rotatable bonds is 3. The van der Waals surface area contributed by atoms with Crippen molar-refractivity contribution in [1.29, 1.82) is 0 Å². The number of hydrogen-bond donors (Lipinski definition) is 2. The number of primary amides is 1. The fraction of sp³-hybridized carbons (Fsp3) is 0.429. The van der Waals surface area contributed by atoms with Crippen molar-refractivity contribution in [2.75, 3.05) is 13.1 Å². The van der Waals surface area contributed by atoms with Gasteiger partial charge in [-0.2, -0.15) is 0 Å². The van der Waals surface area contributed by atoms with Crippen LogP contribution in [0.4, 0.5) is 0 Å². The minimum atomic E-state index is -0.280. The highest BCUT2D eigenvalue weighted by atomic mass is 16.3. The molecule has 1 aliphatic heterocycles. The second kappa shape index (κ2) is 5.73. The van der Waals surface area contributed by atoms with E-state index in [0.717, 1.165) is 12.8 Å². The van der Waals surface area contributed by atoms with Crippen LogP contribution < -0.4 is 5.73 Å². The maximum atomic E-state index is 12.2. The van der Waals surface area contributed by atoms with Gasteiger partial charge in [0.1, 0.15) is 5.75 Å². The van der Waals surface area contributed by atoms with Crippen molar-refractivity contribution in [2.24, 2.45) is 11.7 Å². The summed E-state index contributed by atoms with van der Waals surface area (Å²) in [6.07, 6.45) is 2.00. The van der Waals surface area contributed by atoms with Gasteiger partial charge in [0.2, 0.25) is 5.91 Å². The first-order valence-corrected chi connectivity index (χ1v) is 6.43. The third-order valence-electron chi connectivity index (χ3n) is 3.48. The number of nitrogens with zero attached hydrogens (tertiary/aromatic N) is 1. The number of aromatic hydroxyl groups is 1. The molecule has 0 saturated carbocycles. The van der Waals surface area contributed by atoms with Gasteiger partial charge in [-0.3, -0.25) is 9.59 Å². The van der Waals surface area contributed by atoms with E-state index in [-0.39, 0.29) is 23.5 Å². The number of piperidine rings is 1.